The van der Waals surface area contributed by atoms with Crippen molar-refractivity contribution in [3.8, 4) is 0 Å². The maximum absolute atomic E-state index is 12.6. The van der Waals surface area contributed by atoms with Gasteiger partial charge < -0.3 is 0 Å². The van der Waals surface area contributed by atoms with E-state index in [1.54, 1.807) is 0 Å². The fourth-order valence-electron chi connectivity index (χ4n) is 0.435. The molecule has 0 bridgehead atoms. The first kappa shape index (κ1) is 11.2. The van der Waals surface area contributed by atoms with Gasteiger partial charge in [-0.1, -0.05) is 13.8 Å². The van der Waals surface area contributed by atoms with Crippen molar-refractivity contribution in [2.75, 3.05) is 5.75 Å². The van der Waals surface area contributed by atoms with Crippen molar-refractivity contribution in [2.24, 2.45) is 5.92 Å². The Morgan fingerprint density at radius 3 is 1.91 bits per heavy atom. The first-order valence-corrected chi connectivity index (χ1v) is 6.16. The summed E-state index contributed by atoms with van der Waals surface area (Å²) in [6.07, 6.45) is 0. The molecule has 0 aliphatic heterocycles. The molecule has 1 unspecified atom stereocenters. The Morgan fingerprint density at radius 1 is 1.45 bits per heavy atom. The van der Waals surface area contributed by atoms with Crippen LogP contribution in [-0.4, -0.2) is 20.1 Å². The van der Waals surface area contributed by atoms with E-state index in [2.05, 4.69) is 0 Å². The van der Waals surface area contributed by atoms with Crippen LogP contribution >= 0.6 is 8.44 Å². The molecule has 6 heteroatoms. The van der Waals surface area contributed by atoms with Gasteiger partial charge in [0, 0.05) is 5.92 Å². The van der Waals surface area contributed by atoms with Crippen molar-refractivity contribution >= 4 is 17.9 Å². The van der Waals surface area contributed by atoms with Crippen molar-refractivity contribution in [1.82, 2.24) is 0 Å². The van der Waals surface area contributed by atoms with E-state index in [4.69, 9.17) is 0 Å². The number of halogens is 2. The zero-order chi connectivity index (χ0) is 9.28. The molecular formula is C5H11F2O2PS. The number of rotatable bonds is 3. The van der Waals surface area contributed by atoms with E-state index in [0.717, 1.165) is 0 Å². The number of hydrogen-bond donors (Lipinski definition) is 0. The average Bonchev–Trinajstić information content (AvgIpc) is 1.56. The second-order valence-corrected chi connectivity index (χ2v) is 6.49. The second-order valence-electron chi connectivity index (χ2n) is 2.72. The topological polar surface area (TPSA) is 34.1 Å². The minimum atomic E-state index is -3.66. The van der Waals surface area contributed by atoms with Gasteiger partial charge in [0.25, 0.3) is 5.92 Å². The van der Waals surface area contributed by atoms with Crippen molar-refractivity contribution < 1.29 is 17.2 Å². The fourth-order valence-corrected chi connectivity index (χ4v) is 1.97. The predicted octanol–water partition coefficient (Wildman–Crippen LogP) is 1.48. The summed E-state index contributed by atoms with van der Waals surface area (Å²) in [4.78, 5) is 0. The van der Waals surface area contributed by atoms with Crippen LogP contribution in [0, 0.1) is 5.92 Å². The number of alkyl halides is 2. The summed E-state index contributed by atoms with van der Waals surface area (Å²) in [5.41, 5.74) is 0. The molecule has 11 heavy (non-hydrogen) atoms. The largest absolute Gasteiger partial charge is 0.264 e. The molecule has 0 N–H and O–H groups in total. The Morgan fingerprint density at radius 2 is 1.82 bits per heavy atom. The molecule has 0 saturated carbocycles. The number of hydrogen-bond acceptors (Lipinski definition) is 2. The molecule has 0 aliphatic rings. The van der Waals surface area contributed by atoms with Gasteiger partial charge in [-0.15, -0.1) is 0 Å². The third-order valence-corrected chi connectivity index (χ3v) is 2.53. The monoisotopic (exact) mass is 204 g/mol. The summed E-state index contributed by atoms with van der Waals surface area (Å²) in [6.45, 7) is 2.58. The molecule has 0 fully saturated rings. The third-order valence-electron chi connectivity index (χ3n) is 1.24. The van der Waals surface area contributed by atoms with Gasteiger partial charge in [0.05, 0.1) is 0 Å². The highest BCUT2D eigenvalue weighted by atomic mass is 32.7. The van der Waals surface area contributed by atoms with Crippen LogP contribution in [0.4, 0.5) is 8.78 Å². The highest BCUT2D eigenvalue weighted by Gasteiger charge is 2.37. The molecule has 0 spiro atoms. The smallest absolute Gasteiger partial charge is 0.225 e. The van der Waals surface area contributed by atoms with E-state index >= 15 is 0 Å². The third kappa shape index (κ3) is 4.64. The average molecular weight is 204 g/mol. The van der Waals surface area contributed by atoms with Crippen LogP contribution < -0.4 is 0 Å². The van der Waals surface area contributed by atoms with Crippen LogP contribution in [0.1, 0.15) is 13.8 Å². The summed E-state index contributed by atoms with van der Waals surface area (Å²) in [7, 11) is -2.24. The summed E-state index contributed by atoms with van der Waals surface area (Å²) < 4.78 is 46.2. The Bertz CT molecular complexity index is 223. The molecule has 0 aromatic rings. The molecule has 1 atom stereocenters. The second kappa shape index (κ2) is 3.31. The van der Waals surface area contributed by atoms with Gasteiger partial charge in [-0.05, 0) is 8.44 Å². The van der Waals surface area contributed by atoms with Crippen LogP contribution in [0.5, 0.6) is 0 Å². The minimum absolute atomic E-state index is 0.946. The Kier molecular flexibility index (Phi) is 3.39. The summed E-state index contributed by atoms with van der Waals surface area (Å²) >= 11 is 0. The summed E-state index contributed by atoms with van der Waals surface area (Å²) in [6, 6.07) is 0. The van der Waals surface area contributed by atoms with Crippen LogP contribution in [0.15, 0.2) is 0 Å². The lowest BCUT2D eigenvalue weighted by atomic mass is 10.1. The lowest BCUT2D eigenvalue weighted by Crippen LogP contribution is -2.31. The molecule has 0 aromatic carbocycles. The zero-order valence-electron chi connectivity index (χ0n) is 6.34. The van der Waals surface area contributed by atoms with Crippen LogP contribution in [0.2, 0.25) is 0 Å². The van der Waals surface area contributed by atoms with E-state index in [0.29, 0.717) is 0 Å². The Hall–Kier alpha value is 0.240. The molecule has 0 amide bonds. The fraction of sp³-hybridized carbons (Fsp3) is 1.00. The molecule has 0 aliphatic carbocycles. The summed E-state index contributed by atoms with van der Waals surface area (Å²) in [5, 5.41) is 0. The van der Waals surface area contributed by atoms with Crippen LogP contribution in [0.3, 0.4) is 0 Å². The molecular weight excluding hydrogens is 193 g/mol. The van der Waals surface area contributed by atoms with E-state index in [1.807, 2.05) is 0 Å². The van der Waals surface area contributed by atoms with E-state index in [-0.39, 0.29) is 0 Å². The maximum Gasteiger partial charge on any atom is 0.264 e. The minimum Gasteiger partial charge on any atom is -0.225 e. The van der Waals surface area contributed by atoms with Crippen LogP contribution in [0.25, 0.3) is 0 Å². The summed E-state index contributed by atoms with van der Waals surface area (Å²) in [5.74, 6) is -5.17. The highest BCUT2D eigenvalue weighted by molar-refractivity contribution is 8.37. The molecule has 68 valence electrons. The first-order valence-electron chi connectivity index (χ1n) is 3.03. The molecule has 0 rings (SSSR count). The van der Waals surface area contributed by atoms with Crippen LogP contribution in [-0.2, 0) is 9.46 Å². The predicted molar refractivity (Wildman–Crippen MR) is 43.3 cm³/mol. The van der Waals surface area contributed by atoms with Gasteiger partial charge in [-0.2, -0.15) is 0 Å². The van der Waals surface area contributed by atoms with Gasteiger partial charge in [0.1, 0.15) is 5.75 Å². The van der Waals surface area contributed by atoms with Gasteiger partial charge in [0.2, 0.25) is 0 Å². The van der Waals surface area contributed by atoms with Crippen molar-refractivity contribution in [3.63, 3.8) is 0 Å². The normalized spacial score (nSPS) is 14.0. The lowest BCUT2D eigenvalue weighted by molar-refractivity contribution is -0.0210. The van der Waals surface area contributed by atoms with Crippen molar-refractivity contribution in [3.05, 3.63) is 0 Å². The van der Waals surface area contributed by atoms with Crippen molar-refractivity contribution in [1.29, 1.82) is 0 Å². The molecule has 0 saturated heterocycles. The lowest BCUT2D eigenvalue weighted by Gasteiger charge is -2.18. The van der Waals surface area contributed by atoms with Gasteiger partial charge >= 0.3 is 0 Å². The van der Waals surface area contributed by atoms with Gasteiger partial charge in [0.15, 0.2) is 9.46 Å². The Labute approximate surface area is 67.2 Å². The first-order chi connectivity index (χ1) is 4.65. The molecule has 2 nitrogen and oxygen atoms in total. The van der Waals surface area contributed by atoms with E-state index < -0.39 is 27.1 Å². The Balaban J connectivity index is 4.38. The molecule has 0 radical (unpaired) electrons. The SMILES string of the molecule is CC(C)C(F)(F)CS(=O)(=O)P. The maximum atomic E-state index is 12.6. The molecule has 0 heterocycles. The zero-order valence-corrected chi connectivity index (χ0v) is 8.31. The standard InChI is InChI=1S/C5H11F2O2PS/c1-4(2)5(6,7)3-11(8,9)10/h4H,3,10H2,1-2H3. The van der Waals surface area contributed by atoms with Gasteiger partial charge in [-0.25, -0.2) is 17.2 Å². The van der Waals surface area contributed by atoms with Crippen molar-refractivity contribution in [2.45, 2.75) is 19.8 Å². The van der Waals surface area contributed by atoms with Gasteiger partial charge in [-0.3, -0.25) is 0 Å². The van der Waals surface area contributed by atoms with E-state index in [1.165, 1.54) is 22.3 Å². The quantitative estimate of drug-likeness (QED) is 0.652. The highest BCUT2D eigenvalue weighted by Crippen LogP contribution is 2.27. The van der Waals surface area contributed by atoms with E-state index in [9.17, 15) is 17.2 Å². The molecule has 0 aromatic heterocycles.